The van der Waals surface area contributed by atoms with Crippen LogP contribution in [0.25, 0.3) is 0 Å². The van der Waals surface area contributed by atoms with Crippen molar-refractivity contribution in [1.29, 1.82) is 0 Å². The van der Waals surface area contributed by atoms with Crippen LogP contribution in [0.2, 0.25) is 0 Å². The van der Waals surface area contributed by atoms with Gasteiger partial charge in [0.2, 0.25) is 0 Å². The van der Waals surface area contributed by atoms with Crippen molar-refractivity contribution in [1.82, 2.24) is 9.21 Å². The second-order valence-electron chi connectivity index (χ2n) is 6.72. The summed E-state index contributed by atoms with van der Waals surface area (Å²) in [5.74, 6) is 0.516. The van der Waals surface area contributed by atoms with Gasteiger partial charge in [0.25, 0.3) is 5.91 Å². The van der Waals surface area contributed by atoms with Crippen LogP contribution in [0, 0.1) is 0 Å². The Morgan fingerprint density at radius 3 is 2.36 bits per heavy atom. The fourth-order valence-electron chi connectivity index (χ4n) is 3.71. The Bertz CT molecular complexity index is 872. The molecule has 11 heteroatoms. The molecule has 0 bridgehead atoms. The molecule has 7 nitrogen and oxygen atoms in total. The van der Waals surface area contributed by atoms with Gasteiger partial charge in [0.15, 0.2) is 11.5 Å². The van der Waals surface area contributed by atoms with Crippen LogP contribution >= 0.6 is 0 Å². The topological polar surface area (TPSA) is 76.2 Å². The lowest BCUT2D eigenvalue weighted by molar-refractivity contribution is -0.0501. The first-order valence-electron chi connectivity index (χ1n) is 8.72. The van der Waals surface area contributed by atoms with Crippen molar-refractivity contribution in [2.75, 3.05) is 33.9 Å². The summed E-state index contributed by atoms with van der Waals surface area (Å²) in [4.78, 5) is 14.4. The van der Waals surface area contributed by atoms with Crippen LogP contribution in [0.5, 0.6) is 11.5 Å². The third kappa shape index (κ3) is 3.52. The molecule has 0 radical (unpaired) electrons. The molecule has 2 aliphatic heterocycles. The largest absolute Gasteiger partial charge is 0.511 e. The highest BCUT2D eigenvalue weighted by Gasteiger charge is 2.51. The third-order valence-corrected chi connectivity index (χ3v) is 6.75. The summed E-state index contributed by atoms with van der Waals surface area (Å²) in [5, 5.41) is 0. The van der Waals surface area contributed by atoms with E-state index in [1.807, 2.05) is 0 Å². The second-order valence-corrected chi connectivity index (χ2v) is 8.65. The van der Waals surface area contributed by atoms with E-state index in [-0.39, 0.29) is 25.4 Å². The number of alkyl halides is 3. The molecule has 0 aliphatic carbocycles. The first kappa shape index (κ1) is 20.7. The summed E-state index contributed by atoms with van der Waals surface area (Å²) >= 11 is 0. The van der Waals surface area contributed by atoms with Crippen molar-refractivity contribution in [3.05, 3.63) is 23.3 Å². The maximum Gasteiger partial charge on any atom is 0.511 e. The number of rotatable bonds is 4. The van der Waals surface area contributed by atoms with Crippen LogP contribution in [-0.2, 0) is 16.4 Å². The van der Waals surface area contributed by atoms with Crippen molar-refractivity contribution in [3.8, 4) is 11.5 Å². The van der Waals surface area contributed by atoms with Crippen LogP contribution < -0.4 is 9.47 Å². The number of nitrogens with zero attached hydrogens (tertiary/aromatic N) is 2. The molecule has 1 unspecified atom stereocenters. The van der Waals surface area contributed by atoms with Crippen LogP contribution in [0.1, 0.15) is 28.8 Å². The number of sulfonamides is 1. The molecule has 3 rings (SSSR count). The summed E-state index contributed by atoms with van der Waals surface area (Å²) < 4.78 is 73.0. The zero-order chi connectivity index (χ0) is 20.7. The van der Waals surface area contributed by atoms with Crippen LogP contribution in [0.4, 0.5) is 13.2 Å². The van der Waals surface area contributed by atoms with Crippen molar-refractivity contribution >= 4 is 15.9 Å². The summed E-state index contributed by atoms with van der Waals surface area (Å²) in [7, 11) is -2.48. The third-order valence-electron chi connectivity index (χ3n) is 5.16. The Kier molecular flexibility index (Phi) is 5.50. The number of fused-ring (bicyclic) bond motifs is 1. The SMILES string of the molecule is COc1cc2c(cc1OC)C(=O)N(C1CCCN(S(=O)(=O)C(F)(F)F)C1)CC2. The first-order valence-corrected chi connectivity index (χ1v) is 10.2. The highest BCUT2D eigenvalue weighted by atomic mass is 32.2. The Hall–Kier alpha value is -2.01. The number of methoxy groups -OCH3 is 2. The Morgan fingerprint density at radius 1 is 1.11 bits per heavy atom. The van der Waals surface area contributed by atoms with Gasteiger partial charge in [-0.15, -0.1) is 0 Å². The van der Waals surface area contributed by atoms with Crippen molar-refractivity contribution < 1.29 is 35.9 Å². The number of carbonyl (C=O) groups excluding carboxylic acids is 1. The Labute approximate surface area is 161 Å². The van der Waals surface area contributed by atoms with Gasteiger partial charge in [-0.05, 0) is 37.0 Å². The van der Waals surface area contributed by atoms with E-state index in [1.165, 1.54) is 19.1 Å². The molecule has 1 amide bonds. The standard InChI is InChI=1S/C17H21F3N2O5S/c1-26-14-8-11-5-7-22(16(23)13(11)9-15(14)27-2)12-4-3-6-21(10-12)28(24,25)17(18,19)20/h8-9,12H,3-7,10H2,1-2H3. The van der Waals surface area contributed by atoms with Crippen LogP contribution in [-0.4, -0.2) is 68.9 Å². The number of carbonyl (C=O) groups is 1. The predicted octanol–water partition coefficient (Wildman–Crippen LogP) is 2.02. The van der Waals surface area contributed by atoms with E-state index in [2.05, 4.69) is 0 Å². The zero-order valence-electron chi connectivity index (χ0n) is 15.5. The number of hydrogen-bond donors (Lipinski definition) is 0. The van der Waals surface area contributed by atoms with E-state index in [4.69, 9.17) is 9.47 Å². The lowest BCUT2D eigenvalue weighted by atomic mass is 9.95. The van der Waals surface area contributed by atoms with E-state index in [0.29, 0.717) is 40.8 Å². The van der Waals surface area contributed by atoms with E-state index >= 15 is 0 Å². The van der Waals surface area contributed by atoms with E-state index in [0.717, 1.165) is 5.56 Å². The van der Waals surface area contributed by atoms with Crippen LogP contribution in [0.15, 0.2) is 12.1 Å². The molecule has 28 heavy (non-hydrogen) atoms. The smallest absolute Gasteiger partial charge is 0.493 e. The minimum absolute atomic E-state index is 0.206. The van der Waals surface area contributed by atoms with Crippen molar-refractivity contribution in [2.45, 2.75) is 30.8 Å². The van der Waals surface area contributed by atoms with Gasteiger partial charge in [-0.25, -0.2) is 8.42 Å². The van der Waals surface area contributed by atoms with Gasteiger partial charge in [0.1, 0.15) is 0 Å². The number of halogens is 3. The molecule has 0 N–H and O–H groups in total. The second kappa shape index (κ2) is 7.43. The summed E-state index contributed by atoms with van der Waals surface area (Å²) in [5.41, 5.74) is -4.20. The molecule has 2 aliphatic rings. The minimum Gasteiger partial charge on any atom is -0.493 e. The lowest BCUT2D eigenvalue weighted by Gasteiger charge is -2.41. The van der Waals surface area contributed by atoms with Gasteiger partial charge < -0.3 is 14.4 Å². The molecular weight excluding hydrogens is 401 g/mol. The quantitative estimate of drug-likeness (QED) is 0.742. The number of ether oxygens (including phenoxy) is 2. The predicted molar refractivity (Wildman–Crippen MR) is 93.9 cm³/mol. The zero-order valence-corrected chi connectivity index (χ0v) is 16.3. The normalized spacial score (nSPS) is 21.4. The summed E-state index contributed by atoms with van der Waals surface area (Å²) in [6.45, 7) is -0.274. The van der Waals surface area contributed by atoms with Gasteiger partial charge in [-0.2, -0.15) is 17.5 Å². The maximum absolute atomic E-state index is 13.0. The van der Waals surface area contributed by atoms with Gasteiger partial charge >= 0.3 is 15.5 Å². The molecule has 1 aromatic carbocycles. The number of piperidine rings is 1. The summed E-state index contributed by atoms with van der Waals surface area (Å²) in [6.07, 6.45) is 1.19. The van der Waals surface area contributed by atoms with E-state index in [1.54, 1.807) is 12.1 Å². The van der Waals surface area contributed by atoms with Crippen molar-refractivity contribution in [3.63, 3.8) is 0 Å². The molecule has 1 fully saturated rings. The van der Waals surface area contributed by atoms with Crippen LogP contribution in [0.3, 0.4) is 0 Å². The van der Waals surface area contributed by atoms with E-state index in [9.17, 15) is 26.4 Å². The highest BCUT2D eigenvalue weighted by molar-refractivity contribution is 7.90. The molecule has 156 valence electrons. The molecule has 0 spiro atoms. The van der Waals surface area contributed by atoms with E-state index < -0.39 is 21.6 Å². The number of benzene rings is 1. The molecule has 1 aromatic rings. The molecule has 1 atom stereocenters. The average molecular weight is 422 g/mol. The summed E-state index contributed by atoms with van der Waals surface area (Å²) in [6, 6.07) is 2.65. The Balaban J connectivity index is 1.85. The highest BCUT2D eigenvalue weighted by Crippen LogP contribution is 2.35. The van der Waals surface area contributed by atoms with Gasteiger partial charge in [0, 0.05) is 31.2 Å². The molecule has 2 heterocycles. The lowest BCUT2D eigenvalue weighted by Crippen LogP contribution is -2.55. The molecule has 0 saturated carbocycles. The Morgan fingerprint density at radius 2 is 1.75 bits per heavy atom. The molecular formula is C17H21F3N2O5S. The first-order chi connectivity index (χ1) is 13.1. The maximum atomic E-state index is 13.0. The van der Waals surface area contributed by atoms with Crippen molar-refractivity contribution in [2.24, 2.45) is 0 Å². The average Bonchev–Trinajstić information content (AvgIpc) is 2.66. The fourth-order valence-corrected chi connectivity index (χ4v) is 4.74. The monoisotopic (exact) mass is 422 g/mol. The molecule has 1 saturated heterocycles. The fraction of sp³-hybridized carbons (Fsp3) is 0.588. The molecule has 0 aromatic heterocycles. The van der Waals surface area contributed by atoms with Gasteiger partial charge in [-0.1, -0.05) is 0 Å². The number of hydrogen-bond acceptors (Lipinski definition) is 5. The minimum atomic E-state index is -5.41. The van der Waals surface area contributed by atoms with Gasteiger partial charge in [0.05, 0.1) is 14.2 Å². The van der Waals surface area contributed by atoms with Gasteiger partial charge in [-0.3, -0.25) is 4.79 Å². The number of amides is 1.